The monoisotopic (exact) mass is 510 g/mol. The first-order chi connectivity index (χ1) is 16.5. The highest BCUT2D eigenvalue weighted by atomic mass is 32.2. The van der Waals surface area contributed by atoms with Crippen LogP contribution in [0.15, 0.2) is 12.7 Å². The van der Waals surface area contributed by atoms with Crippen LogP contribution in [0.2, 0.25) is 0 Å². The molecule has 1 amide bonds. The van der Waals surface area contributed by atoms with Gasteiger partial charge in [0.15, 0.2) is 23.5 Å². The molecule has 0 aromatic carbocycles. The van der Waals surface area contributed by atoms with Gasteiger partial charge in [0.05, 0.1) is 25.1 Å². The fourth-order valence-corrected chi connectivity index (χ4v) is 5.30. The third kappa shape index (κ3) is 5.97. The number of amides is 1. The van der Waals surface area contributed by atoms with Gasteiger partial charge in [0.2, 0.25) is 0 Å². The second-order valence-corrected chi connectivity index (χ2v) is 11.3. The lowest BCUT2D eigenvalue weighted by Crippen LogP contribution is -2.41. The molecule has 2 saturated heterocycles. The molecule has 0 spiro atoms. The van der Waals surface area contributed by atoms with Gasteiger partial charge in [0, 0.05) is 5.75 Å². The Bertz CT molecular complexity index is 1040. The molecule has 13 heteroatoms. The molecule has 5 atom stereocenters. The van der Waals surface area contributed by atoms with Gasteiger partial charge in [-0.2, -0.15) is 11.8 Å². The van der Waals surface area contributed by atoms with E-state index in [1.807, 2.05) is 18.4 Å². The van der Waals surface area contributed by atoms with Gasteiger partial charge in [-0.25, -0.2) is 19.7 Å². The van der Waals surface area contributed by atoms with Crippen LogP contribution in [0.5, 0.6) is 0 Å². The number of anilines is 1. The summed E-state index contributed by atoms with van der Waals surface area (Å²) in [6.07, 6.45) is 1.74. The van der Waals surface area contributed by atoms with Crippen molar-refractivity contribution in [3.8, 4) is 0 Å². The van der Waals surface area contributed by atoms with E-state index in [1.54, 1.807) is 38.9 Å². The maximum Gasteiger partial charge on any atom is 0.407 e. The van der Waals surface area contributed by atoms with Crippen molar-refractivity contribution in [3.63, 3.8) is 0 Å². The number of fused-ring (bicyclic) bond motifs is 2. The zero-order valence-electron chi connectivity index (χ0n) is 20.6. The fourth-order valence-electron chi connectivity index (χ4n) is 4.18. The van der Waals surface area contributed by atoms with Gasteiger partial charge < -0.3 is 35.1 Å². The average molecular weight is 511 g/mol. The number of aromatic nitrogens is 4. The highest BCUT2D eigenvalue weighted by Gasteiger charge is 2.56. The molecule has 0 aliphatic carbocycles. The fraction of sp³-hybridized carbons (Fsp3) is 0.727. The van der Waals surface area contributed by atoms with Gasteiger partial charge >= 0.3 is 6.09 Å². The predicted molar refractivity (Wildman–Crippen MR) is 130 cm³/mol. The van der Waals surface area contributed by atoms with Crippen LogP contribution < -0.4 is 11.1 Å². The number of aliphatic hydroxyl groups is 1. The van der Waals surface area contributed by atoms with Gasteiger partial charge in [-0.3, -0.25) is 4.57 Å². The van der Waals surface area contributed by atoms with Crippen LogP contribution in [0.3, 0.4) is 0 Å². The molecule has 2 aliphatic rings. The summed E-state index contributed by atoms with van der Waals surface area (Å²) in [7, 11) is 0. The summed E-state index contributed by atoms with van der Waals surface area (Å²) in [6.45, 7) is 8.98. The van der Waals surface area contributed by atoms with Crippen molar-refractivity contribution in [1.82, 2.24) is 24.8 Å². The molecule has 2 aliphatic heterocycles. The van der Waals surface area contributed by atoms with E-state index in [2.05, 4.69) is 20.3 Å². The van der Waals surface area contributed by atoms with Crippen LogP contribution in [0.4, 0.5) is 10.6 Å². The van der Waals surface area contributed by atoms with Crippen LogP contribution in [-0.2, 0) is 18.9 Å². The normalized spacial score (nSPS) is 26.6. The van der Waals surface area contributed by atoms with E-state index in [1.165, 1.54) is 6.33 Å². The summed E-state index contributed by atoms with van der Waals surface area (Å²) in [5, 5.41) is 12.4. The lowest BCUT2D eigenvalue weighted by atomic mass is 10.1. The molecule has 0 bridgehead atoms. The van der Waals surface area contributed by atoms with Gasteiger partial charge in [0.1, 0.15) is 29.7 Å². The number of carbonyl (C=O) groups is 1. The minimum absolute atomic E-state index is 0.170. The van der Waals surface area contributed by atoms with Crippen molar-refractivity contribution in [1.29, 1.82) is 0 Å². The largest absolute Gasteiger partial charge is 0.444 e. The van der Waals surface area contributed by atoms with E-state index in [-0.39, 0.29) is 24.9 Å². The molecule has 12 nitrogen and oxygen atoms in total. The first kappa shape index (κ1) is 25.9. The van der Waals surface area contributed by atoms with E-state index in [4.69, 9.17) is 24.7 Å². The van der Waals surface area contributed by atoms with E-state index in [9.17, 15) is 9.90 Å². The molecule has 0 radical (unpaired) electrons. The van der Waals surface area contributed by atoms with Crippen molar-refractivity contribution >= 4 is 34.8 Å². The number of imidazole rings is 1. The number of aliphatic hydroxyl groups excluding tert-OH is 1. The Morgan fingerprint density at radius 3 is 2.77 bits per heavy atom. The number of nitrogens with two attached hydrogens (primary N) is 1. The van der Waals surface area contributed by atoms with Crippen LogP contribution >= 0.6 is 11.8 Å². The number of nitrogens with zero attached hydrogens (tertiary/aromatic N) is 4. The third-order valence-corrected chi connectivity index (χ3v) is 6.71. The van der Waals surface area contributed by atoms with E-state index in [0.717, 1.165) is 0 Å². The number of rotatable bonds is 8. The molecule has 2 aromatic heterocycles. The van der Waals surface area contributed by atoms with Crippen LogP contribution in [0.1, 0.15) is 47.3 Å². The standard InChI is InChI=1S/C22H34N6O6S/c1-21(2,3)34-20(30)27-12(8-29)6-7-35-9-13-15-16(33-22(4,5)32-15)19(31-13)28-11-26-14-17(23)24-10-25-18(14)28/h10-13,15-16,19,29H,6-9H2,1-5H3,(H,27,30)(H2,23,24,25)/t12-,13+,15+,16+,19+/m0/s1. The topological polar surface area (TPSA) is 156 Å². The molecule has 2 aromatic rings. The predicted octanol–water partition coefficient (Wildman–Crippen LogP) is 1.83. The average Bonchev–Trinajstić information content (AvgIpc) is 3.40. The summed E-state index contributed by atoms with van der Waals surface area (Å²) in [6, 6.07) is -0.394. The number of nitrogens with one attached hydrogen (secondary N) is 1. The smallest absolute Gasteiger partial charge is 0.407 e. The minimum Gasteiger partial charge on any atom is -0.444 e. The number of hydrogen-bond acceptors (Lipinski definition) is 11. The van der Waals surface area contributed by atoms with Crippen molar-refractivity contribution < 1.29 is 28.8 Å². The molecule has 0 unspecified atom stereocenters. The van der Waals surface area contributed by atoms with Crippen molar-refractivity contribution in [2.45, 2.75) is 83.0 Å². The molecule has 4 rings (SSSR count). The minimum atomic E-state index is -0.746. The Balaban J connectivity index is 1.37. The number of thioether (sulfide) groups is 1. The Morgan fingerprint density at radius 1 is 1.31 bits per heavy atom. The van der Waals surface area contributed by atoms with E-state index >= 15 is 0 Å². The van der Waals surface area contributed by atoms with Gasteiger partial charge in [-0.1, -0.05) is 0 Å². The number of hydrogen-bond donors (Lipinski definition) is 3. The molecule has 4 N–H and O–H groups in total. The Morgan fingerprint density at radius 2 is 2.06 bits per heavy atom. The third-order valence-electron chi connectivity index (χ3n) is 5.62. The van der Waals surface area contributed by atoms with E-state index in [0.29, 0.717) is 34.9 Å². The Labute approximate surface area is 208 Å². The number of carbonyl (C=O) groups excluding carboxylic acids is 1. The summed E-state index contributed by atoms with van der Waals surface area (Å²) in [5.41, 5.74) is 6.43. The molecular weight excluding hydrogens is 476 g/mol. The Kier molecular flexibility index (Phi) is 7.44. The van der Waals surface area contributed by atoms with Crippen LogP contribution in [0.25, 0.3) is 11.2 Å². The van der Waals surface area contributed by atoms with Crippen LogP contribution in [-0.4, -0.2) is 84.6 Å². The molecule has 35 heavy (non-hydrogen) atoms. The second kappa shape index (κ2) is 10.1. The highest BCUT2D eigenvalue weighted by Crippen LogP contribution is 2.44. The lowest BCUT2D eigenvalue weighted by Gasteiger charge is -2.25. The summed E-state index contributed by atoms with van der Waals surface area (Å²) >= 11 is 1.65. The van der Waals surface area contributed by atoms with Crippen LogP contribution in [0, 0.1) is 0 Å². The van der Waals surface area contributed by atoms with Gasteiger partial charge in [-0.05, 0) is 46.8 Å². The van der Waals surface area contributed by atoms with Crippen molar-refractivity contribution in [2.24, 2.45) is 0 Å². The number of ether oxygens (including phenoxy) is 4. The lowest BCUT2D eigenvalue weighted by molar-refractivity contribution is -0.193. The maximum absolute atomic E-state index is 12.0. The van der Waals surface area contributed by atoms with Gasteiger partial charge in [0.25, 0.3) is 0 Å². The maximum atomic E-state index is 12.0. The number of alkyl carbamates (subject to hydrolysis) is 1. The Hall–Kier alpha value is -2.19. The van der Waals surface area contributed by atoms with Gasteiger partial charge in [-0.15, -0.1) is 0 Å². The zero-order valence-corrected chi connectivity index (χ0v) is 21.4. The molecular formula is C22H34N6O6S. The molecule has 2 fully saturated rings. The van der Waals surface area contributed by atoms with Crippen molar-refractivity contribution in [2.75, 3.05) is 23.8 Å². The molecule has 194 valence electrons. The zero-order chi connectivity index (χ0) is 25.4. The highest BCUT2D eigenvalue weighted by molar-refractivity contribution is 7.99. The molecule has 0 saturated carbocycles. The SMILES string of the molecule is CC(C)(C)OC(=O)N[C@H](CO)CCSC[C@H]1O[C@@H](n2cnc3c(N)ncnc32)[C@@H]2OC(C)(C)O[C@@H]21. The first-order valence-corrected chi connectivity index (χ1v) is 12.7. The summed E-state index contributed by atoms with van der Waals surface area (Å²) in [5.74, 6) is 0.901. The summed E-state index contributed by atoms with van der Waals surface area (Å²) < 4.78 is 25.8. The summed E-state index contributed by atoms with van der Waals surface area (Å²) in [4.78, 5) is 24.7. The second-order valence-electron chi connectivity index (χ2n) is 10.1. The van der Waals surface area contributed by atoms with Crippen molar-refractivity contribution in [3.05, 3.63) is 12.7 Å². The first-order valence-electron chi connectivity index (χ1n) is 11.6. The van der Waals surface area contributed by atoms with E-state index < -0.39 is 29.8 Å². The quantitative estimate of drug-likeness (QED) is 0.445. The number of nitrogen functional groups attached to an aromatic ring is 1. The molecule has 4 heterocycles.